The molecule has 0 saturated carbocycles. The lowest BCUT2D eigenvalue weighted by atomic mass is 9.97. The van der Waals surface area contributed by atoms with E-state index in [1.807, 2.05) is 5.32 Å². The van der Waals surface area contributed by atoms with Crippen LogP contribution < -0.4 is 5.32 Å². The van der Waals surface area contributed by atoms with Crippen LogP contribution in [0.25, 0.3) is 43.1 Å². The Morgan fingerprint density at radius 2 is 0.690 bits per heavy atom. The van der Waals surface area contributed by atoms with E-state index in [4.69, 9.17) is 0 Å². The molecule has 0 bridgehead atoms. The fourth-order valence-corrected chi connectivity index (χ4v) is 3.74. The molecule has 138 valence electrons. The fourth-order valence-electron chi connectivity index (χ4n) is 3.74. The lowest BCUT2D eigenvalue weighted by Crippen LogP contribution is -2.19. The number of hydrogen-bond donors (Lipinski definition) is 1. The lowest BCUT2D eigenvalue weighted by molar-refractivity contribution is -0.123. The molecule has 1 N–H and O–H groups in total. The van der Waals surface area contributed by atoms with Crippen molar-refractivity contribution in [1.29, 1.82) is 0 Å². The highest BCUT2D eigenvalue weighted by molar-refractivity contribution is 6.13. The van der Waals surface area contributed by atoms with Crippen molar-refractivity contribution in [3.8, 4) is 0 Å². The zero-order chi connectivity index (χ0) is 19.8. The third-order valence-corrected chi connectivity index (χ3v) is 5.16. The van der Waals surface area contributed by atoms with Gasteiger partial charge < -0.3 is 0 Å². The number of imide groups is 1. The van der Waals surface area contributed by atoms with E-state index < -0.39 is 0 Å². The monoisotopic (exact) mass is 375 g/mol. The summed E-state index contributed by atoms with van der Waals surface area (Å²) in [4.78, 5) is 20.1. The van der Waals surface area contributed by atoms with Gasteiger partial charge in [0, 0.05) is 12.2 Å². The molecule has 0 spiro atoms. The number of hydrogen-bond acceptors (Lipinski definition) is 2. The fraction of sp³-hybridized carbons (Fsp3) is 0. The second-order valence-electron chi connectivity index (χ2n) is 7.13. The highest BCUT2D eigenvalue weighted by Crippen LogP contribution is 2.29. The maximum absolute atomic E-state index is 10.0. The van der Waals surface area contributed by atoms with E-state index >= 15 is 0 Å². The first-order valence-corrected chi connectivity index (χ1v) is 9.44. The lowest BCUT2D eigenvalue weighted by Gasteiger charge is -2.07. The van der Waals surface area contributed by atoms with Gasteiger partial charge in [-0.25, -0.2) is 0 Å². The van der Waals surface area contributed by atoms with Crippen molar-refractivity contribution in [3.05, 3.63) is 97.1 Å². The summed E-state index contributed by atoms with van der Waals surface area (Å²) >= 11 is 0. The number of amides is 2. The standard InChI is InChI=1S/C22H14.C4H3NO2/c1-2-6-16-10-20-14-22-12-18-8-4-3-7-17(18)11-21(22)13-19(20)9-15(16)5-1;6-3-1-2-4(7)5-3/h1-14H;1-2H,(H,5,6,7). The Labute approximate surface area is 167 Å². The Morgan fingerprint density at radius 1 is 0.414 bits per heavy atom. The zero-order valence-corrected chi connectivity index (χ0v) is 15.6. The van der Waals surface area contributed by atoms with Gasteiger partial charge in [0.05, 0.1) is 0 Å². The van der Waals surface area contributed by atoms with E-state index in [2.05, 4.69) is 84.9 Å². The summed E-state index contributed by atoms with van der Waals surface area (Å²) in [6.45, 7) is 0. The number of carbonyl (C=O) groups is 2. The Kier molecular flexibility index (Phi) is 4.07. The number of nitrogens with one attached hydrogen (secondary N) is 1. The second-order valence-corrected chi connectivity index (χ2v) is 7.13. The summed E-state index contributed by atoms with van der Waals surface area (Å²) in [5, 5.41) is 12.5. The first-order valence-electron chi connectivity index (χ1n) is 9.44. The third-order valence-electron chi connectivity index (χ3n) is 5.16. The highest BCUT2D eigenvalue weighted by Gasteiger charge is 2.07. The van der Waals surface area contributed by atoms with Crippen molar-refractivity contribution in [2.24, 2.45) is 0 Å². The Morgan fingerprint density at radius 3 is 0.931 bits per heavy atom. The van der Waals surface area contributed by atoms with Crippen molar-refractivity contribution in [3.63, 3.8) is 0 Å². The van der Waals surface area contributed by atoms with Crippen molar-refractivity contribution in [2.45, 2.75) is 0 Å². The molecule has 0 unspecified atom stereocenters. The molecule has 3 nitrogen and oxygen atoms in total. The molecule has 2 amide bonds. The minimum Gasteiger partial charge on any atom is -0.289 e. The minimum atomic E-state index is -0.329. The number of fused-ring (bicyclic) bond motifs is 4. The normalized spacial score (nSPS) is 13.1. The van der Waals surface area contributed by atoms with Crippen molar-refractivity contribution >= 4 is 54.9 Å². The molecule has 0 aliphatic carbocycles. The summed E-state index contributed by atoms with van der Waals surface area (Å²) in [7, 11) is 0. The van der Waals surface area contributed by atoms with Crippen LogP contribution >= 0.6 is 0 Å². The minimum absolute atomic E-state index is 0.329. The average molecular weight is 375 g/mol. The quantitative estimate of drug-likeness (QED) is 0.287. The molecule has 6 rings (SSSR count). The summed E-state index contributed by atoms with van der Waals surface area (Å²) in [5.74, 6) is -0.657. The molecule has 29 heavy (non-hydrogen) atoms. The first kappa shape index (κ1) is 17.1. The average Bonchev–Trinajstić information content (AvgIpc) is 3.12. The molecule has 0 saturated heterocycles. The van der Waals surface area contributed by atoms with Gasteiger partial charge in [0.25, 0.3) is 11.8 Å². The van der Waals surface area contributed by atoms with Crippen molar-refractivity contribution < 1.29 is 9.59 Å². The smallest absolute Gasteiger partial charge is 0.250 e. The van der Waals surface area contributed by atoms with E-state index in [1.54, 1.807) is 0 Å². The molecule has 0 fully saturated rings. The summed E-state index contributed by atoms with van der Waals surface area (Å²) in [6, 6.07) is 30.9. The third kappa shape index (κ3) is 3.34. The van der Waals surface area contributed by atoms with Crippen molar-refractivity contribution in [1.82, 2.24) is 5.32 Å². The zero-order valence-electron chi connectivity index (χ0n) is 15.6. The van der Waals surface area contributed by atoms with Crippen LogP contribution in [0, 0.1) is 0 Å². The maximum atomic E-state index is 10.0. The van der Waals surface area contributed by atoms with Crippen LogP contribution in [0.5, 0.6) is 0 Å². The van der Waals surface area contributed by atoms with Crippen LogP contribution in [-0.4, -0.2) is 11.8 Å². The van der Waals surface area contributed by atoms with Gasteiger partial charge in [-0.3, -0.25) is 14.9 Å². The largest absolute Gasteiger partial charge is 0.289 e. The Balaban J connectivity index is 0.000000222. The number of rotatable bonds is 0. The van der Waals surface area contributed by atoms with E-state index in [0.29, 0.717) is 0 Å². The molecule has 1 aliphatic rings. The van der Waals surface area contributed by atoms with Crippen LogP contribution in [-0.2, 0) is 9.59 Å². The molecule has 0 radical (unpaired) electrons. The van der Waals surface area contributed by atoms with E-state index in [-0.39, 0.29) is 11.8 Å². The van der Waals surface area contributed by atoms with Gasteiger partial charge in [0.2, 0.25) is 0 Å². The highest BCUT2D eigenvalue weighted by atomic mass is 16.2. The first-order chi connectivity index (χ1) is 14.2. The van der Waals surface area contributed by atoms with Crippen LogP contribution in [0.1, 0.15) is 0 Å². The molecule has 5 aromatic rings. The predicted octanol–water partition coefficient (Wildman–Crippen LogP) is 5.50. The van der Waals surface area contributed by atoms with Gasteiger partial charge in [-0.15, -0.1) is 0 Å². The molecular formula is C26H17NO2. The molecule has 1 aliphatic heterocycles. The van der Waals surface area contributed by atoms with Gasteiger partial charge >= 0.3 is 0 Å². The van der Waals surface area contributed by atoms with Gasteiger partial charge in [0.15, 0.2) is 0 Å². The summed E-state index contributed by atoms with van der Waals surface area (Å²) in [5.41, 5.74) is 0. The van der Waals surface area contributed by atoms with Gasteiger partial charge in [0.1, 0.15) is 0 Å². The predicted molar refractivity (Wildman–Crippen MR) is 119 cm³/mol. The van der Waals surface area contributed by atoms with Crippen LogP contribution in [0.2, 0.25) is 0 Å². The number of carbonyl (C=O) groups excluding carboxylic acids is 2. The SMILES string of the molecule is O=C1C=CC(=O)N1.c1ccc2cc3cc4cc5ccccc5cc4cc3cc2c1. The van der Waals surface area contributed by atoms with Gasteiger partial charge in [-0.2, -0.15) is 0 Å². The molecular weight excluding hydrogens is 358 g/mol. The van der Waals surface area contributed by atoms with Crippen LogP contribution in [0.3, 0.4) is 0 Å². The van der Waals surface area contributed by atoms with E-state index in [0.717, 1.165) is 0 Å². The maximum Gasteiger partial charge on any atom is 0.250 e. The molecule has 3 heteroatoms. The van der Waals surface area contributed by atoms with Crippen molar-refractivity contribution in [2.75, 3.05) is 0 Å². The molecule has 0 aromatic heterocycles. The van der Waals surface area contributed by atoms with E-state index in [9.17, 15) is 9.59 Å². The van der Waals surface area contributed by atoms with E-state index in [1.165, 1.54) is 55.2 Å². The topological polar surface area (TPSA) is 46.2 Å². The molecule has 5 aromatic carbocycles. The van der Waals surface area contributed by atoms with Crippen LogP contribution in [0.4, 0.5) is 0 Å². The molecule has 1 heterocycles. The van der Waals surface area contributed by atoms with Crippen LogP contribution in [0.15, 0.2) is 97.1 Å². The Bertz CT molecular complexity index is 1260. The van der Waals surface area contributed by atoms with Gasteiger partial charge in [-0.05, 0) is 79.5 Å². The molecule has 0 atom stereocenters. The second kappa shape index (κ2) is 6.88. The van der Waals surface area contributed by atoms with Gasteiger partial charge in [-0.1, -0.05) is 48.5 Å². The summed E-state index contributed by atoms with van der Waals surface area (Å²) < 4.78 is 0. The Hall–Kier alpha value is -3.98. The number of benzene rings is 5. The summed E-state index contributed by atoms with van der Waals surface area (Å²) in [6.07, 6.45) is 2.39.